The minimum Gasteiger partial charge on any atom is -0.497 e. The molecule has 2 saturated heterocycles. The first kappa shape index (κ1) is 21.1. The zero-order valence-electron chi connectivity index (χ0n) is 17.9. The molecule has 0 radical (unpaired) electrons. The van der Waals surface area contributed by atoms with Crippen molar-refractivity contribution < 1.29 is 9.53 Å². The number of ether oxygens (including phenoxy) is 1. The first-order chi connectivity index (χ1) is 14.7. The Kier molecular flexibility index (Phi) is 6.85. The predicted octanol–water partition coefficient (Wildman–Crippen LogP) is 3.84. The number of rotatable bonds is 5. The van der Waals surface area contributed by atoms with E-state index in [4.69, 9.17) is 4.74 Å². The molecule has 1 amide bonds. The summed E-state index contributed by atoms with van der Waals surface area (Å²) in [4.78, 5) is 21.3. The largest absolute Gasteiger partial charge is 0.497 e. The van der Waals surface area contributed by atoms with Crippen LogP contribution in [0.1, 0.15) is 23.2 Å². The van der Waals surface area contributed by atoms with Gasteiger partial charge in [-0.2, -0.15) is 0 Å². The molecule has 0 aromatic heterocycles. The maximum absolute atomic E-state index is 13.2. The quantitative estimate of drug-likeness (QED) is 0.680. The van der Waals surface area contributed by atoms with E-state index in [-0.39, 0.29) is 5.91 Å². The highest BCUT2D eigenvalue weighted by Crippen LogP contribution is 2.26. The van der Waals surface area contributed by atoms with Crippen LogP contribution in [0.4, 0.5) is 5.69 Å². The summed E-state index contributed by atoms with van der Waals surface area (Å²) in [7, 11) is 1.70. The number of anilines is 1. The second kappa shape index (κ2) is 9.75. The topological polar surface area (TPSA) is 36.0 Å². The van der Waals surface area contributed by atoms with Crippen molar-refractivity contribution in [2.45, 2.75) is 23.8 Å². The Bertz CT molecular complexity index is 850. The summed E-state index contributed by atoms with van der Waals surface area (Å²) in [5, 5.41) is 0. The maximum Gasteiger partial charge on any atom is 0.255 e. The lowest BCUT2D eigenvalue weighted by atomic mass is 10.0. The molecule has 0 spiro atoms. The molecule has 5 nitrogen and oxygen atoms in total. The lowest BCUT2D eigenvalue weighted by Gasteiger charge is -2.44. The van der Waals surface area contributed by atoms with Crippen molar-refractivity contribution in [2.75, 3.05) is 57.5 Å². The number of likely N-dealkylation sites (tertiary alicyclic amines) is 1. The van der Waals surface area contributed by atoms with Gasteiger partial charge >= 0.3 is 0 Å². The van der Waals surface area contributed by atoms with Crippen molar-refractivity contribution in [2.24, 2.45) is 0 Å². The number of benzene rings is 2. The van der Waals surface area contributed by atoms with Gasteiger partial charge in [-0.1, -0.05) is 12.1 Å². The van der Waals surface area contributed by atoms with E-state index in [9.17, 15) is 4.79 Å². The Morgan fingerprint density at radius 2 is 1.73 bits per heavy atom. The van der Waals surface area contributed by atoms with Gasteiger partial charge in [0.05, 0.1) is 12.7 Å². The van der Waals surface area contributed by atoms with Gasteiger partial charge < -0.3 is 14.5 Å². The second-order valence-corrected chi connectivity index (χ2v) is 8.82. The molecular weight excluding hydrogens is 394 g/mol. The summed E-state index contributed by atoms with van der Waals surface area (Å²) in [6.45, 7) is 5.83. The van der Waals surface area contributed by atoms with Crippen LogP contribution >= 0.6 is 11.8 Å². The Labute approximate surface area is 184 Å². The van der Waals surface area contributed by atoms with Crippen LogP contribution in [0.3, 0.4) is 0 Å². The summed E-state index contributed by atoms with van der Waals surface area (Å²) in [6, 6.07) is 16.8. The Morgan fingerprint density at radius 3 is 2.43 bits per heavy atom. The van der Waals surface area contributed by atoms with Gasteiger partial charge in [0.15, 0.2) is 0 Å². The predicted molar refractivity (Wildman–Crippen MR) is 124 cm³/mol. The fraction of sp³-hybridized carbons (Fsp3) is 0.458. The molecule has 0 bridgehead atoms. The van der Waals surface area contributed by atoms with E-state index in [1.807, 2.05) is 42.7 Å². The van der Waals surface area contributed by atoms with Crippen LogP contribution in [-0.2, 0) is 0 Å². The second-order valence-electron chi connectivity index (χ2n) is 7.97. The zero-order valence-corrected chi connectivity index (χ0v) is 18.7. The number of piperidine rings is 1. The van der Waals surface area contributed by atoms with Gasteiger partial charge in [-0.15, -0.1) is 11.8 Å². The number of carbonyl (C=O) groups excluding carboxylic acids is 1. The molecule has 2 heterocycles. The van der Waals surface area contributed by atoms with Gasteiger partial charge in [-0.25, -0.2) is 0 Å². The highest BCUT2D eigenvalue weighted by molar-refractivity contribution is 7.98. The molecule has 2 fully saturated rings. The van der Waals surface area contributed by atoms with Crippen LogP contribution in [0.15, 0.2) is 53.4 Å². The minimum atomic E-state index is 0.182. The third-order valence-corrected chi connectivity index (χ3v) is 7.09. The number of nitrogens with zero attached hydrogens (tertiary/aromatic N) is 3. The van der Waals surface area contributed by atoms with E-state index < -0.39 is 0 Å². The van der Waals surface area contributed by atoms with Crippen LogP contribution < -0.4 is 9.64 Å². The summed E-state index contributed by atoms with van der Waals surface area (Å²) in [5.74, 6) is 1.08. The molecule has 0 saturated carbocycles. The monoisotopic (exact) mass is 425 g/mol. The van der Waals surface area contributed by atoms with Crippen molar-refractivity contribution in [3.63, 3.8) is 0 Å². The summed E-state index contributed by atoms with van der Waals surface area (Å²) in [5.41, 5.74) is 2.10. The average molecular weight is 426 g/mol. The van der Waals surface area contributed by atoms with Gasteiger partial charge in [-0.3, -0.25) is 9.69 Å². The third-order valence-electron chi connectivity index (χ3n) is 6.29. The highest BCUT2D eigenvalue weighted by Gasteiger charge is 2.31. The Hall–Kier alpha value is -2.18. The number of methoxy groups -OCH3 is 1. The molecule has 1 atom stereocenters. The fourth-order valence-electron chi connectivity index (χ4n) is 4.57. The third kappa shape index (κ3) is 4.60. The van der Waals surface area contributed by atoms with Crippen LogP contribution in [-0.4, -0.2) is 74.4 Å². The van der Waals surface area contributed by atoms with Gasteiger partial charge in [-0.05, 0) is 55.5 Å². The molecule has 2 aliphatic heterocycles. The van der Waals surface area contributed by atoms with E-state index >= 15 is 0 Å². The van der Waals surface area contributed by atoms with E-state index in [0.29, 0.717) is 6.04 Å². The van der Waals surface area contributed by atoms with Crippen molar-refractivity contribution in [1.82, 2.24) is 9.80 Å². The number of thioether (sulfide) groups is 1. The summed E-state index contributed by atoms with van der Waals surface area (Å²) in [6.07, 6.45) is 4.29. The average Bonchev–Trinajstić information content (AvgIpc) is 2.84. The SMILES string of the molecule is COc1ccc(N2CCN(C3CCCN(C(=O)c4ccccc4SC)C3)CC2)cc1. The van der Waals surface area contributed by atoms with E-state index in [0.717, 1.165) is 61.9 Å². The molecule has 160 valence electrons. The molecule has 1 unspecified atom stereocenters. The molecule has 4 rings (SSSR count). The van der Waals surface area contributed by atoms with Crippen LogP contribution in [0, 0.1) is 0 Å². The maximum atomic E-state index is 13.2. The van der Waals surface area contributed by atoms with Crippen LogP contribution in [0.2, 0.25) is 0 Å². The molecule has 0 aliphatic carbocycles. The highest BCUT2D eigenvalue weighted by atomic mass is 32.2. The van der Waals surface area contributed by atoms with E-state index in [1.54, 1.807) is 18.9 Å². The lowest BCUT2D eigenvalue weighted by molar-refractivity contribution is 0.0560. The molecule has 0 N–H and O–H groups in total. The number of hydrogen-bond donors (Lipinski definition) is 0. The van der Waals surface area contributed by atoms with E-state index in [2.05, 4.69) is 26.8 Å². The number of hydrogen-bond acceptors (Lipinski definition) is 5. The number of piperazine rings is 1. The normalized spacial score (nSPS) is 20.3. The van der Waals surface area contributed by atoms with Gasteiger partial charge in [0.25, 0.3) is 5.91 Å². The summed E-state index contributed by atoms with van der Waals surface area (Å²) < 4.78 is 5.27. The number of amides is 1. The molecule has 2 aromatic rings. The first-order valence-corrected chi connectivity index (χ1v) is 12.0. The van der Waals surface area contributed by atoms with Crippen LogP contribution in [0.25, 0.3) is 0 Å². The van der Waals surface area contributed by atoms with Crippen molar-refractivity contribution in [3.05, 3.63) is 54.1 Å². The summed E-state index contributed by atoms with van der Waals surface area (Å²) >= 11 is 1.65. The first-order valence-electron chi connectivity index (χ1n) is 10.7. The molecular formula is C24H31N3O2S. The Morgan fingerprint density at radius 1 is 1.00 bits per heavy atom. The standard InChI is InChI=1S/C24H31N3O2S/c1-29-21-11-9-19(10-12-21)25-14-16-26(17-15-25)20-6-5-13-27(18-20)24(28)22-7-3-4-8-23(22)30-2/h3-4,7-12,20H,5-6,13-18H2,1-2H3. The zero-order chi connectivity index (χ0) is 20.9. The van der Waals surface area contributed by atoms with Gasteiger partial charge in [0, 0.05) is 55.9 Å². The van der Waals surface area contributed by atoms with Gasteiger partial charge in [0.1, 0.15) is 5.75 Å². The van der Waals surface area contributed by atoms with E-state index in [1.165, 1.54) is 12.1 Å². The van der Waals surface area contributed by atoms with Crippen molar-refractivity contribution >= 4 is 23.4 Å². The molecule has 2 aliphatic rings. The fourth-order valence-corrected chi connectivity index (χ4v) is 5.16. The molecule has 2 aromatic carbocycles. The Balaban J connectivity index is 1.35. The molecule has 6 heteroatoms. The number of carbonyl (C=O) groups is 1. The lowest BCUT2D eigenvalue weighted by Crippen LogP contribution is -2.55. The smallest absolute Gasteiger partial charge is 0.255 e. The van der Waals surface area contributed by atoms with Crippen molar-refractivity contribution in [3.8, 4) is 5.75 Å². The van der Waals surface area contributed by atoms with Crippen molar-refractivity contribution in [1.29, 1.82) is 0 Å². The van der Waals surface area contributed by atoms with Gasteiger partial charge in [0.2, 0.25) is 0 Å². The molecule has 30 heavy (non-hydrogen) atoms. The minimum absolute atomic E-state index is 0.182. The van der Waals surface area contributed by atoms with Crippen LogP contribution in [0.5, 0.6) is 5.75 Å².